The number of nitrogens with zero attached hydrogens (tertiary/aromatic N) is 2. The molecule has 1 aliphatic heterocycles. The summed E-state index contributed by atoms with van der Waals surface area (Å²) in [6.45, 7) is 9.34. The van der Waals surface area contributed by atoms with Gasteiger partial charge in [-0.2, -0.15) is 0 Å². The molecule has 0 bridgehead atoms. The summed E-state index contributed by atoms with van der Waals surface area (Å²) in [5, 5.41) is 3.66. The summed E-state index contributed by atoms with van der Waals surface area (Å²) >= 11 is 0. The molecule has 2 unspecified atom stereocenters. The summed E-state index contributed by atoms with van der Waals surface area (Å²) in [5.74, 6) is 0. The molecule has 0 aromatic carbocycles. The highest BCUT2D eigenvalue weighted by Gasteiger charge is 2.24. The van der Waals surface area contributed by atoms with Crippen molar-refractivity contribution in [2.75, 3.05) is 40.3 Å². The number of hydrogen-bond acceptors (Lipinski definition) is 3. The maximum Gasteiger partial charge on any atom is 0.0235 e. The van der Waals surface area contributed by atoms with E-state index in [1.54, 1.807) is 0 Å². The molecule has 3 heteroatoms. The zero-order chi connectivity index (χ0) is 12.0. The van der Waals surface area contributed by atoms with Crippen LogP contribution in [0.4, 0.5) is 0 Å². The third kappa shape index (κ3) is 4.40. The third-order valence-electron chi connectivity index (χ3n) is 3.71. The maximum absolute atomic E-state index is 3.66. The van der Waals surface area contributed by atoms with E-state index in [0.717, 1.165) is 12.6 Å². The molecular weight excluding hydrogens is 198 g/mol. The molecule has 1 rings (SSSR count). The van der Waals surface area contributed by atoms with Gasteiger partial charge in [-0.05, 0) is 39.9 Å². The Kier molecular flexibility index (Phi) is 6.32. The summed E-state index contributed by atoms with van der Waals surface area (Å²) in [5.41, 5.74) is 0. The lowest BCUT2D eigenvalue weighted by atomic mass is 10.0. The van der Waals surface area contributed by atoms with Crippen molar-refractivity contribution in [1.82, 2.24) is 15.1 Å². The highest BCUT2D eigenvalue weighted by atomic mass is 15.3. The number of likely N-dealkylation sites (N-methyl/N-ethyl adjacent to an activating group) is 2. The van der Waals surface area contributed by atoms with Crippen LogP contribution in [0.3, 0.4) is 0 Å². The van der Waals surface area contributed by atoms with Crippen LogP contribution in [-0.2, 0) is 0 Å². The molecule has 0 radical (unpaired) electrons. The van der Waals surface area contributed by atoms with Gasteiger partial charge >= 0.3 is 0 Å². The molecule has 0 spiro atoms. The van der Waals surface area contributed by atoms with E-state index in [1.807, 2.05) is 0 Å². The average Bonchev–Trinajstić information content (AvgIpc) is 2.28. The Morgan fingerprint density at radius 1 is 1.25 bits per heavy atom. The quantitative estimate of drug-likeness (QED) is 0.740. The van der Waals surface area contributed by atoms with Crippen molar-refractivity contribution < 1.29 is 0 Å². The molecule has 1 fully saturated rings. The normalized spacial score (nSPS) is 25.9. The highest BCUT2D eigenvalue weighted by Crippen LogP contribution is 2.13. The second-order valence-corrected chi connectivity index (χ2v) is 5.19. The van der Waals surface area contributed by atoms with E-state index in [2.05, 4.69) is 43.1 Å². The number of rotatable bonds is 6. The molecule has 3 nitrogen and oxygen atoms in total. The molecule has 0 aliphatic carbocycles. The molecule has 1 saturated heterocycles. The second-order valence-electron chi connectivity index (χ2n) is 5.19. The summed E-state index contributed by atoms with van der Waals surface area (Å²) in [7, 11) is 4.50. The van der Waals surface area contributed by atoms with Crippen LogP contribution in [0.15, 0.2) is 0 Å². The zero-order valence-electron chi connectivity index (χ0n) is 11.5. The molecule has 0 aromatic rings. The minimum absolute atomic E-state index is 0.693. The van der Waals surface area contributed by atoms with Gasteiger partial charge in [-0.25, -0.2) is 0 Å². The van der Waals surface area contributed by atoms with Crippen LogP contribution in [-0.4, -0.2) is 62.2 Å². The van der Waals surface area contributed by atoms with E-state index in [4.69, 9.17) is 0 Å². The van der Waals surface area contributed by atoms with Gasteiger partial charge in [0.25, 0.3) is 0 Å². The average molecular weight is 227 g/mol. The first-order valence-corrected chi connectivity index (χ1v) is 6.79. The number of nitrogens with one attached hydrogen (secondary N) is 1. The van der Waals surface area contributed by atoms with Crippen LogP contribution < -0.4 is 5.32 Å². The van der Waals surface area contributed by atoms with E-state index >= 15 is 0 Å². The second kappa shape index (κ2) is 7.25. The van der Waals surface area contributed by atoms with Crippen LogP contribution in [0.5, 0.6) is 0 Å². The van der Waals surface area contributed by atoms with Gasteiger partial charge in [0.1, 0.15) is 0 Å². The van der Waals surface area contributed by atoms with Crippen molar-refractivity contribution in [2.45, 2.75) is 45.2 Å². The predicted octanol–water partition coefficient (Wildman–Crippen LogP) is 1.40. The Balaban J connectivity index is 2.36. The van der Waals surface area contributed by atoms with Crippen molar-refractivity contribution in [3.63, 3.8) is 0 Å². The van der Waals surface area contributed by atoms with Gasteiger partial charge in [-0.1, -0.05) is 13.8 Å². The SMILES string of the molecule is CCCNC(CC)CC1CN(C)CCN1C. The summed E-state index contributed by atoms with van der Waals surface area (Å²) in [6, 6.07) is 1.42. The molecule has 1 aliphatic rings. The minimum Gasteiger partial charge on any atom is -0.314 e. The third-order valence-corrected chi connectivity index (χ3v) is 3.71. The molecule has 2 atom stereocenters. The number of hydrogen-bond donors (Lipinski definition) is 1. The lowest BCUT2D eigenvalue weighted by Crippen LogP contribution is -2.52. The van der Waals surface area contributed by atoms with Crippen molar-refractivity contribution in [1.29, 1.82) is 0 Å². The van der Waals surface area contributed by atoms with Gasteiger partial charge in [0.15, 0.2) is 0 Å². The number of piperazine rings is 1. The molecule has 96 valence electrons. The molecule has 0 aromatic heterocycles. The monoisotopic (exact) mass is 227 g/mol. The van der Waals surface area contributed by atoms with Crippen LogP contribution in [0, 0.1) is 0 Å². The Labute approximate surface area is 101 Å². The molecule has 0 amide bonds. The van der Waals surface area contributed by atoms with E-state index in [1.165, 1.54) is 38.9 Å². The van der Waals surface area contributed by atoms with Gasteiger partial charge in [-0.3, -0.25) is 0 Å². The molecular formula is C13H29N3. The predicted molar refractivity (Wildman–Crippen MR) is 70.9 cm³/mol. The largest absolute Gasteiger partial charge is 0.314 e. The standard InChI is InChI=1S/C13H29N3/c1-5-7-14-12(6-2)10-13-11-15(3)8-9-16(13)4/h12-14H,5-11H2,1-4H3. The maximum atomic E-state index is 3.66. The topological polar surface area (TPSA) is 18.5 Å². The van der Waals surface area contributed by atoms with Gasteiger partial charge in [-0.15, -0.1) is 0 Å². The minimum atomic E-state index is 0.693. The molecule has 0 saturated carbocycles. The van der Waals surface area contributed by atoms with Gasteiger partial charge in [0, 0.05) is 31.7 Å². The van der Waals surface area contributed by atoms with Gasteiger partial charge in [0.05, 0.1) is 0 Å². The Hall–Kier alpha value is -0.120. The summed E-state index contributed by atoms with van der Waals surface area (Å²) in [4.78, 5) is 4.98. The van der Waals surface area contributed by atoms with E-state index < -0.39 is 0 Å². The fourth-order valence-electron chi connectivity index (χ4n) is 2.43. The fraction of sp³-hybridized carbons (Fsp3) is 1.00. The van der Waals surface area contributed by atoms with Crippen molar-refractivity contribution in [3.05, 3.63) is 0 Å². The fourth-order valence-corrected chi connectivity index (χ4v) is 2.43. The van der Waals surface area contributed by atoms with Crippen molar-refractivity contribution in [2.24, 2.45) is 0 Å². The lowest BCUT2D eigenvalue weighted by molar-refractivity contribution is 0.101. The zero-order valence-corrected chi connectivity index (χ0v) is 11.5. The molecule has 16 heavy (non-hydrogen) atoms. The van der Waals surface area contributed by atoms with E-state index in [-0.39, 0.29) is 0 Å². The smallest absolute Gasteiger partial charge is 0.0235 e. The van der Waals surface area contributed by atoms with Gasteiger partial charge < -0.3 is 15.1 Å². The molecule has 1 heterocycles. The van der Waals surface area contributed by atoms with Crippen LogP contribution in [0.1, 0.15) is 33.1 Å². The van der Waals surface area contributed by atoms with Gasteiger partial charge in [0.2, 0.25) is 0 Å². The first-order chi connectivity index (χ1) is 7.67. The Morgan fingerprint density at radius 2 is 2.00 bits per heavy atom. The Bertz CT molecular complexity index is 184. The van der Waals surface area contributed by atoms with Crippen LogP contribution in [0.2, 0.25) is 0 Å². The Morgan fingerprint density at radius 3 is 2.62 bits per heavy atom. The highest BCUT2D eigenvalue weighted by molar-refractivity contribution is 4.82. The summed E-state index contributed by atoms with van der Waals surface area (Å²) in [6.07, 6.45) is 3.77. The first-order valence-electron chi connectivity index (χ1n) is 6.79. The first kappa shape index (κ1) is 13.9. The van der Waals surface area contributed by atoms with Crippen LogP contribution in [0.25, 0.3) is 0 Å². The van der Waals surface area contributed by atoms with Crippen molar-refractivity contribution >= 4 is 0 Å². The lowest BCUT2D eigenvalue weighted by Gasteiger charge is -2.39. The van der Waals surface area contributed by atoms with Crippen LogP contribution >= 0.6 is 0 Å². The van der Waals surface area contributed by atoms with Crippen molar-refractivity contribution in [3.8, 4) is 0 Å². The molecule has 1 N–H and O–H groups in total. The van der Waals surface area contributed by atoms with E-state index in [9.17, 15) is 0 Å². The summed E-state index contributed by atoms with van der Waals surface area (Å²) < 4.78 is 0. The van der Waals surface area contributed by atoms with E-state index in [0.29, 0.717) is 6.04 Å².